The van der Waals surface area contributed by atoms with Crippen molar-refractivity contribution in [3.63, 3.8) is 0 Å². The quantitative estimate of drug-likeness (QED) is 0.630. The molecule has 0 saturated carbocycles. The minimum Gasteiger partial charge on any atom is -0.392 e. The molecule has 2 rings (SSSR count). The Morgan fingerprint density at radius 2 is 1.48 bits per heavy atom. The van der Waals surface area contributed by atoms with Gasteiger partial charge in [-0.2, -0.15) is 0 Å². The highest BCUT2D eigenvalue weighted by molar-refractivity contribution is 5.87. The van der Waals surface area contributed by atoms with E-state index in [1.54, 1.807) is 0 Å². The van der Waals surface area contributed by atoms with E-state index in [2.05, 4.69) is 0 Å². The number of rotatable bonds is 7. The average Bonchev–Trinajstić information content (AvgIpc) is 2.60. The maximum absolute atomic E-state index is 12.2. The second-order valence-corrected chi connectivity index (χ2v) is 5.41. The van der Waals surface area contributed by atoms with Crippen LogP contribution < -0.4 is 5.73 Å². The van der Waals surface area contributed by atoms with Crippen LogP contribution in [-0.4, -0.2) is 18.5 Å². The van der Waals surface area contributed by atoms with Gasteiger partial charge in [-0.3, -0.25) is 9.59 Å². The van der Waals surface area contributed by atoms with Crippen LogP contribution in [-0.2, 0) is 27.2 Å². The van der Waals surface area contributed by atoms with E-state index < -0.39 is 11.9 Å². The molecule has 120 valence electrons. The number of benzene rings is 2. The maximum atomic E-state index is 12.2. The van der Waals surface area contributed by atoms with Crippen LogP contribution in [0, 0.1) is 5.92 Å². The molecule has 0 radical (unpaired) electrons. The summed E-state index contributed by atoms with van der Waals surface area (Å²) in [4.78, 5) is 23.5. The molecule has 1 atom stereocenters. The minimum absolute atomic E-state index is 0.289. The number of carbonyl (C=O) groups is 2. The maximum Gasteiger partial charge on any atom is 0.327 e. The largest absolute Gasteiger partial charge is 0.392 e. The zero-order valence-electron chi connectivity index (χ0n) is 13.0. The van der Waals surface area contributed by atoms with Gasteiger partial charge >= 0.3 is 11.9 Å². The van der Waals surface area contributed by atoms with Gasteiger partial charge in [0.1, 0.15) is 0 Å². The summed E-state index contributed by atoms with van der Waals surface area (Å²) in [5, 5.41) is 0. The first-order valence-electron chi connectivity index (χ1n) is 7.71. The molecule has 23 heavy (non-hydrogen) atoms. The van der Waals surface area contributed by atoms with Gasteiger partial charge < -0.3 is 10.5 Å². The van der Waals surface area contributed by atoms with Gasteiger partial charge in [0.25, 0.3) is 0 Å². The highest BCUT2D eigenvalue weighted by Gasteiger charge is 2.22. The Kier molecular flexibility index (Phi) is 6.51. The van der Waals surface area contributed by atoms with Gasteiger partial charge in [-0.05, 0) is 30.4 Å². The molecule has 0 fully saturated rings. The highest BCUT2D eigenvalue weighted by atomic mass is 16.6. The smallest absolute Gasteiger partial charge is 0.327 e. The monoisotopic (exact) mass is 311 g/mol. The fraction of sp³-hybridized carbons (Fsp3) is 0.263. The number of hydrogen-bond acceptors (Lipinski definition) is 4. The van der Waals surface area contributed by atoms with Crippen molar-refractivity contribution in [3.8, 4) is 0 Å². The molecule has 0 aliphatic rings. The summed E-state index contributed by atoms with van der Waals surface area (Å²) in [6.45, 7) is -0.289. The number of ether oxygens (including phenoxy) is 1. The Labute approximate surface area is 136 Å². The fourth-order valence-electron chi connectivity index (χ4n) is 2.42. The summed E-state index contributed by atoms with van der Waals surface area (Å²) >= 11 is 0. The lowest BCUT2D eigenvalue weighted by Gasteiger charge is -2.15. The van der Waals surface area contributed by atoms with Crippen LogP contribution in [0.15, 0.2) is 60.7 Å². The number of aryl methyl sites for hydroxylation is 1. The number of esters is 2. The SMILES string of the molecule is NCC(=O)OC(=O)C(CCc1ccccc1)Cc1ccccc1. The molecule has 2 N–H and O–H groups in total. The third kappa shape index (κ3) is 5.68. The third-order valence-corrected chi connectivity index (χ3v) is 3.66. The van der Waals surface area contributed by atoms with E-state index in [-0.39, 0.29) is 12.5 Å². The summed E-state index contributed by atoms with van der Waals surface area (Å²) in [5.74, 6) is -1.55. The Morgan fingerprint density at radius 3 is 2.04 bits per heavy atom. The van der Waals surface area contributed by atoms with Crippen molar-refractivity contribution in [3.05, 3.63) is 71.8 Å². The van der Waals surface area contributed by atoms with Crippen molar-refractivity contribution in [1.29, 1.82) is 0 Å². The summed E-state index contributed by atoms with van der Waals surface area (Å²) < 4.78 is 4.82. The Balaban J connectivity index is 2.04. The van der Waals surface area contributed by atoms with E-state index in [4.69, 9.17) is 10.5 Å². The second-order valence-electron chi connectivity index (χ2n) is 5.41. The predicted molar refractivity (Wildman–Crippen MR) is 88.6 cm³/mol. The second kappa shape index (κ2) is 8.86. The predicted octanol–water partition coefficient (Wildman–Crippen LogP) is 2.51. The van der Waals surface area contributed by atoms with Crippen LogP contribution in [0.1, 0.15) is 17.5 Å². The molecule has 4 nitrogen and oxygen atoms in total. The number of carbonyl (C=O) groups excluding carboxylic acids is 2. The number of hydrogen-bond donors (Lipinski definition) is 1. The highest BCUT2D eigenvalue weighted by Crippen LogP contribution is 2.17. The van der Waals surface area contributed by atoms with Gasteiger partial charge in [0, 0.05) is 0 Å². The fourth-order valence-corrected chi connectivity index (χ4v) is 2.42. The topological polar surface area (TPSA) is 69.4 Å². The van der Waals surface area contributed by atoms with Crippen molar-refractivity contribution < 1.29 is 14.3 Å². The molecule has 0 spiro atoms. The van der Waals surface area contributed by atoms with Crippen molar-refractivity contribution in [1.82, 2.24) is 0 Å². The van der Waals surface area contributed by atoms with Gasteiger partial charge in [0.05, 0.1) is 12.5 Å². The summed E-state index contributed by atoms with van der Waals surface area (Å²) in [7, 11) is 0. The van der Waals surface area contributed by atoms with Crippen molar-refractivity contribution in [2.24, 2.45) is 11.7 Å². The Bertz CT molecular complexity index is 626. The van der Waals surface area contributed by atoms with Crippen LogP contribution in [0.25, 0.3) is 0 Å². The summed E-state index contributed by atoms with van der Waals surface area (Å²) in [6.07, 6.45) is 1.92. The van der Waals surface area contributed by atoms with Crippen molar-refractivity contribution in [2.45, 2.75) is 19.3 Å². The van der Waals surface area contributed by atoms with E-state index in [1.807, 2.05) is 60.7 Å². The van der Waals surface area contributed by atoms with Gasteiger partial charge in [-0.1, -0.05) is 60.7 Å². The molecule has 0 aromatic heterocycles. The normalized spacial score (nSPS) is 11.7. The lowest BCUT2D eigenvalue weighted by atomic mass is 9.93. The van der Waals surface area contributed by atoms with E-state index in [9.17, 15) is 9.59 Å². The molecule has 0 aliphatic heterocycles. The van der Waals surface area contributed by atoms with E-state index in [0.29, 0.717) is 12.8 Å². The first kappa shape index (κ1) is 16.9. The van der Waals surface area contributed by atoms with E-state index in [1.165, 1.54) is 0 Å². The summed E-state index contributed by atoms with van der Waals surface area (Å²) in [6, 6.07) is 19.7. The molecular weight excluding hydrogens is 290 g/mol. The molecule has 0 saturated heterocycles. The molecular formula is C19H21NO3. The van der Waals surface area contributed by atoms with Gasteiger partial charge in [-0.15, -0.1) is 0 Å². The Hall–Kier alpha value is -2.46. The van der Waals surface area contributed by atoms with Crippen LogP contribution in [0.2, 0.25) is 0 Å². The van der Waals surface area contributed by atoms with E-state index in [0.717, 1.165) is 17.5 Å². The zero-order valence-corrected chi connectivity index (χ0v) is 13.0. The van der Waals surface area contributed by atoms with Gasteiger partial charge in [-0.25, -0.2) is 0 Å². The lowest BCUT2D eigenvalue weighted by Crippen LogP contribution is -2.27. The molecule has 0 aliphatic carbocycles. The first-order valence-corrected chi connectivity index (χ1v) is 7.71. The molecule has 2 aromatic rings. The molecule has 0 amide bonds. The lowest BCUT2D eigenvalue weighted by molar-refractivity contribution is -0.161. The molecule has 0 bridgehead atoms. The zero-order chi connectivity index (χ0) is 16.5. The summed E-state index contributed by atoms with van der Waals surface area (Å²) in [5.41, 5.74) is 7.41. The van der Waals surface area contributed by atoms with E-state index >= 15 is 0 Å². The molecule has 2 aromatic carbocycles. The van der Waals surface area contributed by atoms with Crippen molar-refractivity contribution >= 4 is 11.9 Å². The first-order chi connectivity index (χ1) is 11.2. The van der Waals surface area contributed by atoms with Crippen LogP contribution in [0.3, 0.4) is 0 Å². The minimum atomic E-state index is -0.687. The molecule has 0 heterocycles. The van der Waals surface area contributed by atoms with Gasteiger partial charge in [0.15, 0.2) is 0 Å². The van der Waals surface area contributed by atoms with Crippen molar-refractivity contribution in [2.75, 3.05) is 6.54 Å². The molecule has 1 unspecified atom stereocenters. The Morgan fingerprint density at radius 1 is 0.913 bits per heavy atom. The van der Waals surface area contributed by atoms with Crippen LogP contribution in [0.5, 0.6) is 0 Å². The third-order valence-electron chi connectivity index (χ3n) is 3.66. The number of nitrogens with two attached hydrogens (primary N) is 1. The van der Waals surface area contributed by atoms with Gasteiger partial charge in [0.2, 0.25) is 0 Å². The average molecular weight is 311 g/mol. The van der Waals surface area contributed by atoms with Crippen LogP contribution >= 0.6 is 0 Å². The standard InChI is InChI=1S/C19H21NO3/c20-14-18(21)23-19(22)17(13-16-9-5-2-6-10-16)12-11-15-7-3-1-4-8-15/h1-10,17H,11-14,20H2. The van der Waals surface area contributed by atoms with Crippen LogP contribution in [0.4, 0.5) is 0 Å². The molecule has 4 heteroatoms.